The van der Waals surface area contributed by atoms with Gasteiger partial charge in [0.15, 0.2) is 0 Å². The van der Waals surface area contributed by atoms with Gasteiger partial charge in [0.25, 0.3) is 0 Å². The maximum absolute atomic E-state index is 9.31. The van der Waals surface area contributed by atoms with Crippen molar-refractivity contribution < 1.29 is 9.84 Å². The zero-order valence-corrected chi connectivity index (χ0v) is 10.9. The van der Waals surface area contributed by atoms with Gasteiger partial charge in [-0.15, -0.1) is 11.3 Å². The lowest BCUT2D eigenvalue weighted by Crippen LogP contribution is -1.92. The van der Waals surface area contributed by atoms with E-state index in [1.54, 1.807) is 12.5 Å². The Balaban J connectivity index is 2.53. The van der Waals surface area contributed by atoms with E-state index < -0.39 is 0 Å². The first-order valence-electron chi connectivity index (χ1n) is 5.44. The van der Waals surface area contributed by atoms with Gasteiger partial charge >= 0.3 is 0 Å². The molecule has 0 fully saturated rings. The topological polar surface area (TPSA) is 42.4 Å². The highest BCUT2D eigenvalue weighted by molar-refractivity contribution is 7.13. The normalized spacial score (nSPS) is 10.8. The summed E-state index contributed by atoms with van der Waals surface area (Å²) in [6.45, 7) is 4.29. The monoisotopic (exact) mass is 249 g/mol. The molecule has 90 valence electrons. The van der Waals surface area contributed by atoms with Gasteiger partial charge in [-0.25, -0.2) is 4.98 Å². The van der Waals surface area contributed by atoms with E-state index in [-0.39, 0.29) is 5.88 Å². The van der Waals surface area contributed by atoms with Crippen LogP contribution in [0.5, 0.6) is 11.6 Å². The van der Waals surface area contributed by atoms with Crippen molar-refractivity contribution in [2.75, 3.05) is 7.11 Å². The molecule has 0 radical (unpaired) electrons. The van der Waals surface area contributed by atoms with E-state index >= 15 is 0 Å². The van der Waals surface area contributed by atoms with Crippen molar-refractivity contribution in [1.29, 1.82) is 0 Å². The molecule has 1 N–H and O–H groups in total. The molecule has 1 aromatic heterocycles. The minimum atomic E-state index is 0.0574. The maximum atomic E-state index is 9.31. The van der Waals surface area contributed by atoms with Crippen LogP contribution in [0.15, 0.2) is 23.6 Å². The van der Waals surface area contributed by atoms with Crippen LogP contribution in [0.4, 0.5) is 0 Å². The molecule has 4 heteroatoms. The van der Waals surface area contributed by atoms with Crippen LogP contribution in [-0.2, 0) is 0 Å². The molecule has 17 heavy (non-hydrogen) atoms. The smallest absolute Gasteiger partial charge is 0.222 e. The van der Waals surface area contributed by atoms with Gasteiger partial charge in [0.2, 0.25) is 5.88 Å². The number of nitrogens with zero attached hydrogens (tertiary/aromatic N) is 1. The van der Waals surface area contributed by atoms with E-state index in [0.29, 0.717) is 5.92 Å². The van der Waals surface area contributed by atoms with Crippen LogP contribution in [0.3, 0.4) is 0 Å². The second-order valence-corrected chi connectivity index (χ2v) is 4.98. The van der Waals surface area contributed by atoms with Gasteiger partial charge in [-0.3, -0.25) is 0 Å². The SMILES string of the molecule is COc1ccc(C(C)C)cc1-c1nc(O)cs1. The highest BCUT2D eigenvalue weighted by Gasteiger charge is 2.12. The summed E-state index contributed by atoms with van der Waals surface area (Å²) in [6.07, 6.45) is 0. The fourth-order valence-electron chi connectivity index (χ4n) is 1.64. The molecule has 1 aromatic carbocycles. The Kier molecular flexibility index (Phi) is 3.33. The number of hydrogen-bond acceptors (Lipinski definition) is 4. The maximum Gasteiger partial charge on any atom is 0.222 e. The van der Waals surface area contributed by atoms with Crippen LogP contribution in [0.2, 0.25) is 0 Å². The largest absolute Gasteiger partial charge is 0.496 e. The van der Waals surface area contributed by atoms with Crippen LogP contribution in [0, 0.1) is 0 Å². The molecule has 0 aliphatic rings. The Hall–Kier alpha value is -1.55. The van der Waals surface area contributed by atoms with Crippen molar-refractivity contribution in [2.45, 2.75) is 19.8 Å². The van der Waals surface area contributed by atoms with E-state index in [4.69, 9.17) is 4.74 Å². The standard InChI is InChI=1S/C13H15NO2S/c1-8(2)9-4-5-11(16-3)10(6-9)13-14-12(15)7-17-13/h4-8,15H,1-3H3. The first-order chi connectivity index (χ1) is 8.11. The average Bonchev–Trinajstić information content (AvgIpc) is 2.74. The van der Waals surface area contributed by atoms with Gasteiger partial charge < -0.3 is 9.84 Å². The number of methoxy groups -OCH3 is 1. The number of rotatable bonds is 3. The van der Waals surface area contributed by atoms with Crippen LogP contribution in [0.25, 0.3) is 10.6 Å². The van der Waals surface area contributed by atoms with Crippen LogP contribution in [0.1, 0.15) is 25.3 Å². The molecule has 0 amide bonds. The number of aromatic hydroxyl groups is 1. The summed E-state index contributed by atoms with van der Waals surface area (Å²) in [5, 5.41) is 11.7. The minimum Gasteiger partial charge on any atom is -0.496 e. The summed E-state index contributed by atoms with van der Waals surface area (Å²) in [5.41, 5.74) is 2.17. The molecule has 0 aliphatic heterocycles. The van der Waals surface area contributed by atoms with Crippen molar-refractivity contribution in [3.8, 4) is 22.2 Å². The summed E-state index contributed by atoms with van der Waals surface area (Å²) < 4.78 is 5.33. The first kappa shape index (κ1) is 11.9. The lowest BCUT2D eigenvalue weighted by molar-refractivity contribution is 0.416. The second kappa shape index (κ2) is 4.75. The molecule has 1 heterocycles. The van der Waals surface area contributed by atoms with E-state index in [1.165, 1.54) is 16.9 Å². The van der Waals surface area contributed by atoms with Crippen molar-refractivity contribution in [2.24, 2.45) is 0 Å². The van der Waals surface area contributed by atoms with Crippen LogP contribution < -0.4 is 4.74 Å². The zero-order valence-electron chi connectivity index (χ0n) is 10.1. The van der Waals surface area contributed by atoms with Gasteiger partial charge in [-0.2, -0.15) is 0 Å². The lowest BCUT2D eigenvalue weighted by Gasteiger charge is -2.10. The van der Waals surface area contributed by atoms with Crippen molar-refractivity contribution >= 4 is 11.3 Å². The van der Waals surface area contributed by atoms with Crippen molar-refractivity contribution in [1.82, 2.24) is 4.98 Å². The third kappa shape index (κ3) is 2.42. The highest BCUT2D eigenvalue weighted by Crippen LogP contribution is 2.35. The molecule has 0 atom stereocenters. The van der Waals surface area contributed by atoms with E-state index in [1.807, 2.05) is 6.07 Å². The fourth-order valence-corrected chi connectivity index (χ4v) is 2.34. The number of thiazole rings is 1. The Morgan fingerprint density at radius 2 is 2.12 bits per heavy atom. The Morgan fingerprint density at radius 3 is 2.65 bits per heavy atom. The molecular formula is C13H15NO2S. The molecule has 3 nitrogen and oxygen atoms in total. The number of aromatic nitrogens is 1. The van der Waals surface area contributed by atoms with Gasteiger partial charge in [0.1, 0.15) is 10.8 Å². The first-order valence-corrected chi connectivity index (χ1v) is 6.32. The van der Waals surface area contributed by atoms with Gasteiger partial charge in [0.05, 0.1) is 18.1 Å². The molecule has 0 saturated heterocycles. The predicted octanol–water partition coefficient (Wildman–Crippen LogP) is 3.65. The second-order valence-electron chi connectivity index (χ2n) is 4.13. The Bertz CT molecular complexity index is 520. The average molecular weight is 249 g/mol. The quantitative estimate of drug-likeness (QED) is 0.902. The lowest BCUT2D eigenvalue weighted by atomic mass is 10.0. The van der Waals surface area contributed by atoms with Gasteiger partial charge in [0, 0.05) is 0 Å². The van der Waals surface area contributed by atoms with Gasteiger partial charge in [-0.05, 0) is 23.6 Å². The molecule has 0 bridgehead atoms. The number of hydrogen-bond donors (Lipinski definition) is 1. The third-order valence-corrected chi connectivity index (χ3v) is 3.48. The molecule has 0 saturated carbocycles. The molecule has 0 spiro atoms. The summed E-state index contributed by atoms with van der Waals surface area (Å²) in [5.74, 6) is 1.29. The Morgan fingerprint density at radius 1 is 1.35 bits per heavy atom. The van der Waals surface area contributed by atoms with E-state index in [0.717, 1.165) is 16.3 Å². The molecule has 0 unspecified atom stereocenters. The number of benzene rings is 1. The zero-order chi connectivity index (χ0) is 12.4. The highest BCUT2D eigenvalue weighted by atomic mass is 32.1. The van der Waals surface area contributed by atoms with Crippen LogP contribution >= 0.6 is 11.3 Å². The summed E-state index contributed by atoms with van der Waals surface area (Å²) >= 11 is 1.41. The van der Waals surface area contributed by atoms with Crippen LogP contribution in [-0.4, -0.2) is 17.2 Å². The molecule has 0 aliphatic carbocycles. The van der Waals surface area contributed by atoms with Crippen molar-refractivity contribution in [3.05, 3.63) is 29.1 Å². The summed E-state index contributed by atoms with van der Waals surface area (Å²) in [4.78, 5) is 4.08. The molecule has 2 rings (SSSR count). The summed E-state index contributed by atoms with van der Waals surface area (Å²) in [6, 6.07) is 6.07. The third-order valence-electron chi connectivity index (χ3n) is 2.61. The summed E-state index contributed by atoms with van der Waals surface area (Å²) in [7, 11) is 1.64. The molecule has 2 aromatic rings. The van der Waals surface area contributed by atoms with E-state index in [9.17, 15) is 5.11 Å². The number of ether oxygens (including phenoxy) is 1. The fraction of sp³-hybridized carbons (Fsp3) is 0.308. The minimum absolute atomic E-state index is 0.0574. The predicted molar refractivity (Wildman–Crippen MR) is 69.9 cm³/mol. The van der Waals surface area contributed by atoms with Crippen molar-refractivity contribution in [3.63, 3.8) is 0 Å². The molecular weight excluding hydrogens is 234 g/mol. The Labute approximate surface area is 105 Å². The van der Waals surface area contributed by atoms with E-state index in [2.05, 4.69) is 31.0 Å². The van der Waals surface area contributed by atoms with Gasteiger partial charge in [-0.1, -0.05) is 19.9 Å².